The monoisotopic (exact) mass is 1020 g/mol. The number of carbonyl (C=O) groups excluding carboxylic acids is 2. The highest BCUT2D eigenvalue weighted by Crippen LogP contribution is 2.44. The summed E-state index contributed by atoms with van der Waals surface area (Å²) in [7, 11) is 1.19. The Morgan fingerprint density at radius 3 is 2.25 bits per heavy atom. The Bertz CT molecular complexity index is 3420. The minimum Gasteiger partial charge on any atom is -0.497 e. The number of amides is 2. The molecule has 0 aliphatic heterocycles. The quantitative estimate of drug-likeness (QED) is 0.0639. The van der Waals surface area contributed by atoms with E-state index in [1.807, 2.05) is 105 Å². The standard InChI is InChI=1S/C63H71N5O6Si/c1-41-31-46(35-52-57(41)65-38-53(60(64)70)58(52)66-48-23-16-24-49(36-48)72-8)33-43-19-14-21-45(32-43)39-68(7)61(71)47-22-15-20-44(34-47)37-63(5,6)30-29-54(74-75(9,10)62(2,3)4)50-25-27-55(59-51(50)26-28-56(69)67-59)73-40-42-17-12-11-13-18-42/h11-28,31-32,34-36,38,54H,29-30,33,37,39-40H2,1-10H3,(H2,64,70)(H,65,66)(H,67,69)/t54-/m0/s1. The van der Waals surface area contributed by atoms with Gasteiger partial charge in [0.15, 0.2) is 8.32 Å². The number of nitrogens with zero attached hydrogens (tertiary/aromatic N) is 2. The van der Waals surface area contributed by atoms with E-state index in [1.54, 1.807) is 18.1 Å². The second-order valence-corrected chi connectivity index (χ2v) is 27.0. The molecule has 2 heterocycles. The number of fused-ring (bicyclic) bond motifs is 2. The van der Waals surface area contributed by atoms with Crippen LogP contribution in [0.15, 0.2) is 151 Å². The van der Waals surface area contributed by atoms with Crippen LogP contribution in [-0.4, -0.2) is 49.2 Å². The van der Waals surface area contributed by atoms with Crippen molar-refractivity contribution in [3.8, 4) is 11.5 Å². The van der Waals surface area contributed by atoms with Crippen molar-refractivity contribution < 1.29 is 23.5 Å². The molecular weight excluding hydrogens is 951 g/mol. The van der Waals surface area contributed by atoms with Crippen molar-refractivity contribution >= 4 is 53.3 Å². The van der Waals surface area contributed by atoms with Crippen LogP contribution >= 0.6 is 0 Å². The number of H-pyrrole nitrogens is 1. The van der Waals surface area contributed by atoms with Gasteiger partial charge in [0, 0.05) is 53.9 Å². The number of pyridine rings is 2. The zero-order valence-electron chi connectivity index (χ0n) is 45.1. The molecule has 0 aliphatic carbocycles. The summed E-state index contributed by atoms with van der Waals surface area (Å²) in [6.45, 7) is 18.7. The van der Waals surface area contributed by atoms with Crippen LogP contribution < -0.4 is 26.1 Å². The number of aromatic nitrogens is 2. The number of nitrogens with one attached hydrogen (secondary N) is 2. The molecule has 2 amide bonds. The lowest BCUT2D eigenvalue weighted by atomic mass is 9.80. The van der Waals surface area contributed by atoms with Crippen molar-refractivity contribution in [3.05, 3.63) is 206 Å². The number of nitrogens with two attached hydrogens (primary N) is 1. The molecule has 0 saturated carbocycles. The normalized spacial score (nSPS) is 12.4. The molecule has 8 aromatic rings. The Kier molecular flexibility index (Phi) is 16.1. The SMILES string of the molecule is COc1cccc(Nc2c(C(N)=O)cnc3c(C)cc(Cc4cccc(CN(C)C(=O)c5cccc(CC(C)(C)CC[C@H](O[Si](C)(C)C(C)(C)C)c6ccc(OCc7ccccc7)c7[nH]c(=O)ccc67)c5)c4)cc23)c1. The van der Waals surface area contributed by atoms with Crippen LogP contribution in [0, 0.1) is 12.3 Å². The number of methoxy groups -OCH3 is 1. The predicted molar refractivity (Wildman–Crippen MR) is 306 cm³/mol. The first-order valence-electron chi connectivity index (χ1n) is 25.7. The van der Waals surface area contributed by atoms with E-state index < -0.39 is 14.2 Å². The molecule has 11 nitrogen and oxygen atoms in total. The van der Waals surface area contributed by atoms with E-state index in [4.69, 9.17) is 19.6 Å². The van der Waals surface area contributed by atoms with Gasteiger partial charge in [0.2, 0.25) is 5.56 Å². The van der Waals surface area contributed by atoms with E-state index in [2.05, 4.69) is 105 Å². The number of primary amides is 1. The first-order valence-corrected chi connectivity index (χ1v) is 28.6. The molecule has 0 saturated heterocycles. The first-order chi connectivity index (χ1) is 35.7. The number of ether oxygens (including phenoxy) is 2. The van der Waals surface area contributed by atoms with E-state index in [0.717, 1.165) is 80.2 Å². The molecule has 1 atom stereocenters. The average Bonchev–Trinajstić information content (AvgIpc) is 3.37. The fraction of sp³-hybridized carbons (Fsp3) is 0.302. The molecule has 8 rings (SSSR count). The minimum atomic E-state index is -2.27. The predicted octanol–water partition coefficient (Wildman–Crippen LogP) is 13.8. The Morgan fingerprint density at radius 1 is 0.787 bits per heavy atom. The van der Waals surface area contributed by atoms with Crippen molar-refractivity contribution in [3.63, 3.8) is 0 Å². The number of benzene rings is 6. The van der Waals surface area contributed by atoms with Gasteiger partial charge in [0.25, 0.3) is 11.8 Å². The van der Waals surface area contributed by atoms with Crippen molar-refractivity contribution in [2.24, 2.45) is 11.1 Å². The maximum absolute atomic E-state index is 14.2. The lowest BCUT2D eigenvalue weighted by molar-refractivity contribution is 0.0784. The van der Waals surface area contributed by atoms with E-state index in [1.165, 1.54) is 6.20 Å². The number of rotatable bonds is 20. The summed E-state index contributed by atoms with van der Waals surface area (Å²) in [5.41, 5.74) is 16.5. The lowest BCUT2D eigenvalue weighted by Gasteiger charge is -2.40. The third-order valence-electron chi connectivity index (χ3n) is 14.6. The summed E-state index contributed by atoms with van der Waals surface area (Å²) in [6, 6.07) is 45.6. The van der Waals surface area contributed by atoms with Gasteiger partial charge in [0.05, 0.1) is 35.5 Å². The number of aromatic amines is 1. The molecule has 4 N–H and O–H groups in total. The van der Waals surface area contributed by atoms with Crippen molar-refractivity contribution in [1.82, 2.24) is 14.9 Å². The van der Waals surface area contributed by atoms with Crippen LogP contribution in [-0.2, 0) is 30.4 Å². The molecule has 6 aromatic carbocycles. The van der Waals surface area contributed by atoms with Gasteiger partial charge in [-0.15, -0.1) is 0 Å². The fourth-order valence-electron chi connectivity index (χ4n) is 9.64. The number of hydrogen-bond donors (Lipinski definition) is 3. The molecule has 0 bridgehead atoms. The third kappa shape index (κ3) is 13.0. The van der Waals surface area contributed by atoms with E-state index >= 15 is 0 Å². The summed E-state index contributed by atoms with van der Waals surface area (Å²) < 4.78 is 19.1. The van der Waals surface area contributed by atoms with Gasteiger partial charge in [-0.3, -0.25) is 19.4 Å². The molecule has 0 unspecified atom stereocenters. The summed E-state index contributed by atoms with van der Waals surface area (Å²) in [4.78, 5) is 49.1. The summed E-state index contributed by atoms with van der Waals surface area (Å²) in [6.07, 6.45) is 4.29. The smallest absolute Gasteiger partial charge is 0.253 e. The van der Waals surface area contributed by atoms with Gasteiger partial charge in [-0.1, -0.05) is 120 Å². The van der Waals surface area contributed by atoms with Crippen LogP contribution in [0.25, 0.3) is 21.8 Å². The summed E-state index contributed by atoms with van der Waals surface area (Å²) in [5.74, 6) is 0.675. The molecule has 0 spiro atoms. The van der Waals surface area contributed by atoms with Crippen molar-refractivity contribution in [2.45, 2.75) is 105 Å². The fourth-order valence-corrected chi connectivity index (χ4v) is 10.9. The Balaban J connectivity index is 0.962. The zero-order valence-corrected chi connectivity index (χ0v) is 46.1. The Labute approximate surface area is 442 Å². The molecular formula is C63H71N5O6Si. The molecule has 0 radical (unpaired) electrons. The largest absolute Gasteiger partial charge is 0.497 e. The van der Waals surface area contributed by atoms with Gasteiger partial charge < -0.3 is 34.8 Å². The number of aryl methyl sites for hydroxylation is 1. The third-order valence-corrected chi connectivity index (χ3v) is 19.1. The van der Waals surface area contributed by atoms with Crippen molar-refractivity contribution in [2.75, 3.05) is 19.5 Å². The molecule has 0 aliphatic rings. The second-order valence-electron chi connectivity index (χ2n) is 22.2. The Hall–Kier alpha value is -7.54. The maximum Gasteiger partial charge on any atom is 0.253 e. The van der Waals surface area contributed by atoms with Gasteiger partial charge in [-0.05, 0) is 138 Å². The molecule has 388 valence electrons. The summed E-state index contributed by atoms with van der Waals surface area (Å²) in [5, 5.41) is 5.10. The van der Waals surface area contributed by atoms with E-state index in [0.29, 0.717) is 53.4 Å². The van der Waals surface area contributed by atoms with Crippen LogP contribution in [0.4, 0.5) is 11.4 Å². The highest BCUT2D eigenvalue weighted by Gasteiger charge is 2.40. The van der Waals surface area contributed by atoms with E-state index in [-0.39, 0.29) is 28.0 Å². The van der Waals surface area contributed by atoms with Crippen molar-refractivity contribution in [1.29, 1.82) is 0 Å². The topological polar surface area (TPSA) is 149 Å². The Morgan fingerprint density at radius 2 is 1.51 bits per heavy atom. The number of hydrogen-bond acceptors (Lipinski definition) is 8. The number of anilines is 2. The van der Waals surface area contributed by atoms with Crippen LogP contribution in [0.3, 0.4) is 0 Å². The highest BCUT2D eigenvalue weighted by molar-refractivity contribution is 6.74. The molecule has 2 aromatic heterocycles. The lowest BCUT2D eigenvalue weighted by Crippen LogP contribution is -2.42. The van der Waals surface area contributed by atoms with Crippen LogP contribution in [0.1, 0.15) is 113 Å². The molecule has 0 fully saturated rings. The zero-order chi connectivity index (χ0) is 53.7. The number of carbonyl (C=O) groups is 2. The van der Waals surface area contributed by atoms with Crippen LogP contribution in [0.5, 0.6) is 11.5 Å². The average molecular weight is 1020 g/mol. The molecule has 12 heteroatoms. The first kappa shape index (κ1) is 53.7. The van der Waals surface area contributed by atoms with E-state index in [9.17, 15) is 14.4 Å². The maximum atomic E-state index is 14.2. The van der Waals surface area contributed by atoms with Gasteiger partial charge in [-0.25, -0.2) is 0 Å². The summed E-state index contributed by atoms with van der Waals surface area (Å²) >= 11 is 0. The second kappa shape index (κ2) is 22.5. The van der Waals surface area contributed by atoms with Gasteiger partial charge in [-0.2, -0.15) is 0 Å². The van der Waals surface area contributed by atoms with Crippen LogP contribution in [0.2, 0.25) is 18.1 Å². The van der Waals surface area contributed by atoms with Gasteiger partial charge in [0.1, 0.15) is 18.1 Å². The highest BCUT2D eigenvalue weighted by atomic mass is 28.4. The molecule has 75 heavy (non-hydrogen) atoms. The van der Waals surface area contributed by atoms with Gasteiger partial charge >= 0.3 is 0 Å². The minimum absolute atomic E-state index is 0.0236.